The minimum absolute atomic E-state index is 0.0111. The molecule has 0 aromatic heterocycles. The number of carboxylic acids is 1. The monoisotopic (exact) mass is 213 g/mol. The average Bonchev–Trinajstić information content (AvgIpc) is 2.18. The number of aromatic carboxylic acids is 1. The van der Waals surface area contributed by atoms with Crippen molar-refractivity contribution in [3.05, 3.63) is 45.5 Å². The van der Waals surface area contributed by atoms with Crippen molar-refractivity contribution in [1.29, 1.82) is 0 Å². The van der Waals surface area contributed by atoms with E-state index in [1.807, 2.05) is 0 Å². The van der Waals surface area contributed by atoms with E-state index in [0.29, 0.717) is 5.56 Å². The second-order valence-electron chi connectivity index (χ2n) is 2.93. The summed E-state index contributed by atoms with van der Waals surface area (Å²) in [6.45, 7) is 0. The lowest BCUT2D eigenvalue weighted by Gasteiger charge is -2.02. The van der Waals surface area contributed by atoms with Gasteiger partial charge in [0.15, 0.2) is 0 Å². The van der Waals surface area contributed by atoms with E-state index >= 15 is 0 Å². The maximum atomic E-state index is 12.7. The second kappa shape index (κ2) is 4.50. The molecule has 0 amide bonds. The van der Waals surface area contributed by atoms with Gasteiger partial charge in [-0.2, -0.15) is 4.39 Å². The minimum Gasteiger partial charge on any atom is -0.478 e. The first kappa shape index (κ1) is 11.1. The first-order valence-electron chi connectivity index (χ1n) is 4.10. The molecule has 80 valence electrons. The molecule has 0 aliphatic heterocycles. The van der Waals surface area contributed by atoms with Crippen molar-refractivity contribution in [2.45, 2.75) is 12.7 Å². The molecule has 0 aliphatic rings. The second-order valence-corrected chi connectivity index (χ2v) is 2.93. The molecular formula is C9H8FNO4. The van der Waals surface area contributed by atoms with Gasteiger partial charge < -0.3 is 5.11 Å². The Morgan fingerprint density at radius 3 is 2.80 bits per heavy atom. The van der Waals surface area contributed by atoms with Crippen LogP contribution in [0.1, 0.15) is 15.9 Å². The van der Waals surface area contributed by atoms with Crippen LogP contribution in [0, 0.1) is 10.1 Å². The van der Waals surface area contributed by atoms with Crippen LogP contribution in [-0.2, 0) is 6.42 Å². The third-order valence-electron chi connectivity index (χ3n) is 1.81. The summed E-state index contributed by atoms with van der Waals surface area (Å²) in [4.78, 5) is 19.5. The van der Waals surface area contributed by atoms with Gasteiger partial charge in [0.1, 0.15) is 0 Å². The number of hydrogen-bond donors (Lipinski definition) is 1. The summed E-state index contributed by atoms with van der Waals surface area (Å²) >= 11 is 0. The van der Waals surface area contributed by atoms with Crippen molar-refractivity contribution in [1.82, 2.24) is 0 Å². The Morgan fingerprint density at radius 1 is 1.60 bits per heavy atom. The molecule has 5 nitrogen and oxygen atoms in total. The maximum Gasteiger partial charge on any atom is 0.353 e. The van der Waals surface area contributed by atoms with Crippen LogP contribution in [0.3, 0.4) is 0 Å². The minimum atomic E-state index is -2.20. The number of rotatable bonds is 4. The summed E-state index contributed by atoms with van der Waals surface area (Å²) in [5.41, 5.74) is 0.280. The van der Waals surface area contributed by atoms with Crippen LogP contribution in [0.2, 0.25) is 0 Å². The lowest BCUT2D eigenvalue weighted by atomic mass is 10.1. The van der Waals surface area contributed by atoms with Gasteiger partial charge in [-0.3, -0.25) is 10.1 Å². The molecule has 0 saturated heterocycles. The Hall–Kier alpha value is -1.98. The molecule has 0 saturated carbocycles. The maximum absolute atomic E-state index is 12.7. The summed E-state index contributed by atoms with van der Waals surface area (Å²) < 4.78 is 12.7. The molecule has 1 aromatic rings. The summed E-state index contributed by atoms with van der Waals surface area (Å²) in [6, 6.07) is 5.43. The van der Waals surface area contributed by atoms with Crippen molar-refractivity contribution < 1.29 is 19.2 Å². The molecule has 0 radical (unpaired) electrons. The van der Waals surface area contributed by atoms with Gasteiger partial charge in [-0.05, 0) is 17.7 Å². The van der Waals surface area contributed by atoms with Gasteiger partial charge in [-0.25, -0.2) is 4.79 Å². The van der Waals surface area contributed by atoms with Crippen molar-refractivity contribution in [3.63, 3.8) is 0 Å². The standard InChI is InChI=1S/C9H8FNO4/c10-8(11(14)15)5-6-2-1-3-7(4-6)9(12)13/h1-4,8H,5H2,(H,12,13). The Labute approximate surface area is 84.3 Å². The fourth-order valence-corrected chi connectivity index (χ4v) is 1.10. The Bertz CT molecular complexity index is 393. The molecule has 1 N–H and O–H groups in total. The molecule has 0 fully saturated rings. The van der Waals surface area contributed by atoms with Crippen LogP contribution in [0.4, 0.5) is 4.39 Å². The van der Waals surface area contributed by atoms with E-state index in [9.17, 15) is 19.3 Å². The molecule has 0 bridgehead atoms. The SMILES string of the molecule is O=C(O)c1cccc(CC(F)[N+](=O)[O-])c1. The normalized spacial score (nSPS) is 12.1. The zero-order valence-electron chi connectivity index (χ0n) is 7.59. The van der Waals surface area contributed by atoms with Crippen LogP contribution >= 0.6 is 0 Å². The van der Waals surface area contributed by atoms with Crippen LogP contribution in [0.25, 0.3) is 0 Å². The van der Waals surface area contributed by atoms with Crippen LogP contribution < -0.4 is 0 Å². The Kier molecular flexibility index (Phi) is 3.33. The third-order valence-corrected chi connectivity index (χ3v) is 1.81. The number of nitrogens with zero attached hydrogens (tertiary/aromatic N) is 1. The molecule has 6 heteroatoms. The Balaban J connectivity index is 2.82. The molecular weight excluding hydrogens is 205 g/mol. The van der Waals surface area contributed by atoms with Crippen LogP contribution in [0.15, 0.2) is 24.3 Å². The first-order chi connectivity index (χ1) is 7.00. The van der Waals surface area contributed by atoms with E-state index in [0.717, 1.165) is 0 Å². The van der Waals surface area contributed by atoms with Gasteiger partial charge in [0.25, 0.3) is 0 Å². The highest BCUT2D eigenvalue weighted by Gasteiger charge is 2.18. The molecule has 0 aliphatic carbocycles. The lowest BCUT2D eigenvalue weighted by molar-refractivity contribution is -0.552. The average molecular weight is 213 g/mol. The van der Waals surface area contributed by atoms with Crippen LogP contribution in [-0.4, -0.2) is 22.3 Å². The number of alkyl halides is 1. The zero-order valence-corrected chi connectivity index (χ0v) is 7.59. The highest BCUT2D eigenvalue weighted by atomic mass is 19.1. The smallest absolute Gasteiger partial charge is 0.353 e. The van der Waals surface area contributed by atoms with Crippen molar-refractivity contribution in [2.24, 2.45) is 0 Å². The summed E-state index contributed by atoms with van der Waals surface area (Å²) in [7, 11) is 0. The molecule has 1 unspecified atom stereocenters. The Morgan fingerprint density at radius 2 is 2.27 bits per heavy atom. The quantitative estimate of drug-likeness (QED) is 0.467. The van der Waals surface area contributed by atoms with Crippen molar-refractivity contribution in [3.8, 4) is 0 Å². The summed E-state index contributed by atoms with van der Waals surface area (Å²) in [6.07, 6.45) is -2.62. The number of carbonyl (C=O) groups is 1. The third kappa shape index (κ3) is 3.01. The van der Waals surface area contributed by atoms with Crippen molar-refractivity contribution >= 4 is 5.97 Å². The topological polar surface area (TPSA) is 80.4 Å². The molecule has 1 atom stereocenters. The highest BCUT2D eigenvalue weighted by molar-refractivity contribution is 5.87. The molecule has 15 heavy (non-hydrogen) atoms. The number of carboxylic acid groups (broad SMARTS) is 1. The van der Waals surface area contributed by atoms with E-state index in [2.05, 4.69) is 0 Å². The highest BCUT2D eigenvalue weighted by Crippen LogP contribution is 2.09. The first-order valence-corrected chi connectivity index (χ1v) is 4.10. The number of halogens is 1. The molecule has 1 aromatic carbocycles. The lowest BCUT2D eigenvalue weighted by Crippen LogP contribution is -2.16. The van der Waals surface area contributed by atoms with E-state index in [4.69, 9.17) is 5.11 Å². The number of hydrogen-bond acceptors (Lipinski definition) is 3. The molecule has 0 spiro atoms. The van der Waals surface area contributed by atoms with E-state index in [-0.39, 0.29) is 5.56 Å². The van der Waals surface area contributed by atoms with E-state index in [1.54, 1.807) is 0 Å². The fourth-order valence-electron chi connectivity index (χ4n) is 1.10. The van der Waals surface area contributed by atoms with E-state index in [1.165, 1.54) is 24.3 Å². The molecule has 1 rings (SSSR count). The largest absolute Gasteiger partial charge is 0.478 e. The van der Waals surface area contributed by atoms with Crippen molar-refractivity contribution in [2.75, 3.05) is 0 Å². The summed E-state index contributed by atoms with van der Waals surface area (Å²) in [5, 5.41) is 18.7. The predicted molar refractivity (Wildman–Crippen MR) is 49.0 cm³/mol. The van der Waals surface area contributed by atoms with Gasteiger partial charge in [0.05, 0.1) is 16.9 Å². The predicted octanol–water partition coefficient (Wildman–Crippen LogP) is 1.50. The van der Waals surface area contributed by atoms with Gasteiger partial charge in [0.2, 0.25) is 0 Å². The zero-order chi connectivity index (χ0) is 11.4. The van der Waals surface area contributed by atoms with Gasteiger partial charge in [-0.15, -0.1) is 0 Å². The number of benzene rings is 1. The molecule has 0 heterocycles. The van der Waals surface area contributed by atoms with Gasteiger partial charge in [-0.1, -0.05) is 12.1 Å². The van der Waals surface area contributed by atoms with Gasteiger partial charge in [0, 0.05) is 0 Å². The van der Waals surface area contributed by atoms with Crippen LogP contribution in [0.5, 0.6) is 0 Å². The van der Waals surface area contributed by atoms with Gasteiger partial charge >= 0.3 is 12.3 Å². The van der Waals surface area contributed by atoms with E-state index < -0.39 is 23.6 Å². The summed E-state index contributed by atoms with van der Waals surface area (Å²) in [5.74, 6) is -1.15. The fraction of sp³-hybridized carbons (Fsp3) is 0.222. The number of nitro groups is 1.